The summed E-state index contributed by atoms with van der Waals surface area (Å²) in [5, 5.41) is 3.14. The van der Waals surface area contributed by atoms with E-state index in [1.54, 1.807) is 0 Å². The van der Waals surface area contributed by atoms with Crippen molar-refractivity contribution < 1.29 is 23.9 Å². The topological polar surface area (TPSA) is 123 Å². The predicted octanol–water partition coefficient (Wildman–Crippen LogP) is 4.35. The molecule has 2 aromatic carbocycles. The van der Waals surface area contributed by atoms with Crippen molar-refractivity contribution in [3.8, 4) is 0 Å². The normalized spacial score (nSPS) is 20.4. The van der Waals surface area contributed by atoms with E-state index in [1.165, 1.54) is 12.7 Å². The van der Waals surface area contributed by atoms with Gasteiger partial charge in [-0.2, -0.15) is 4.99 Å². The summed E-state index contributed by atoms with van der Waals surface area (Å²) >= 11 is 0. The number of carbonyl (C=O) groups excluding carboxylic acids is 3. The summed E-state index contributed by atoms with van der Waals surface area (Å²) in [5.41, 5.74) is 8.74. The lowest BCUT2D eigenvalue weighted by Crippen LogP contribution is -2.48. The molecular formula is C29H36N4O5. The first kappa shape index (κ1) is 27.2. The van der Waals surface area contributed by atoms with Crippen molar-refractivity contribution in [2.45, 2.75) is 57.1 Å². The number of amidine groups is 1. The molecule has 202 valence electrons. The number of ether oxygens (including phenoxy) is 2. The van der Waals surface area contributed by atoms with E-state index in [9.17, 15) is 14.4 Å². The molecule has 3 amide bonds. The Hall–Kier alpha value is -3.88. The number of carbonyl (C=O) groups is 3. The number of esters is 1. The van der Waals surface area contributed by atoms with E-state index < -0.39 is 6.09 Å². The van der Waals surface area contributed by atoms with Gasteiger partial charge in [0.1, 0.15) is 12.4 Å². The first-order valence-electron chi connectivity index (χ1n) is 13.2. The minimum atomic E-state index is -0.724. The van der Waals surface area contributed by atoms with Crippen molar-refractivity contribution in [1.29, 1.82) is 0 Å². The number of nitrogens with two attached hydrogens (primary N) is 1. The summed E-state index contributed by atoms with van der Waals surface area (Å²) in [6, 6.07) is 17.2. The zero-order valence-electron chi connectivity index (χ0n) is 21.8. The molecule has 0 aromatic heterocycles. The van der Waals surface area contributed by atoms with Gasteiger partial charge in [0.05, 0.1) is 13.0 Å². The van der Waals surface area contributed by atoms with Crippen LogP contribution in [0.15, 0.2) is 59.6 Å². The van der Waals surface area contributed by atoms with Crippen LogP contribution in [0.25, 0.3) is 0 Å². The van der Waals surface area contributed by atoms with Gasteiger partial charge in [0.2, 0.25) is 0 Å². The lowest BCUT2D eigenvalue weighted by molar-refractivity contribution is -0.146. The van der Waals surface area contributed by atoms with Crippen LogP contribution in [0.1, 0.15) is 61.1 Å². The molecule has 0 bridgehead atoms. The second-order valence-electron chi connectivity index (χ2n) is 9.94. The zero-order chi connectivity index (χ0) is 26.9. The third-order valence-electron chi connectivity index (χ3n) is 7.47. The number of aliphatic imine (C=N–C) groups is 1. The minimum absolute atomic E-state index is 0.0246. The number of amides is 3. The van der Waals surface area contributed by atoms with Crippen molar-refractivity contribution in [3.63, 3.8) is 0 Å². The molecule has 0 radical (unpaired) electrons. The second kappa shape index (κ2) is 13.1. The van der Waals surface area contributed by atoms with Crippen LogP contribution in [0.2, 0.25) is 0 Å². The zero-order valence-corrected chi connectivity index (χ0v) is 21.8. The minimum Gasteiger partial charge on any atom is -0.469 e. The molecular weight excluding hydrogens is 484 g/mol. The Bertz CT molecular complexity index is 1120. The van der Waals surface area contributed by atoms with Crippen LogP contribution in [0.3, 0.4) is 0 Å². The average molecular weight is 521 g/mol. The highest BCUT2D eigenvalue weighted by molar-refractivity contribution is 6.02. The highest BCUT2D eigenvalue weighted by Gasteiger charge is 2.30. The fourth-order valence-electron chi connectivity index (χ4n) is 5.16. The summed E-state index contributed by atoms with van der Waals surface area (Å²) in [6.45, 7) is 1.52. The SMILES string of the molecule is COC(=O)C1CCC(NC(=O)N2CCC(c3ccc(C(N)=NC(=O)OCc4ccccc4)cc3)CC2)CC1. The molecule has 4 rings (SSSR count). The van der Waals surface area contributed by atoms with E-state index in [2.05, 4.69) is 10.3 Å². The van der Waals surface area contributed by atoms with Crippen LogP contribution in [0.4, 0.5) is 9.59 Å². The van der Waals surface area contributed by atoms with Gasteiger partial charge in [0.25, 0.3) is 0 Å². The van der Waals surface area contributed by atoms with Crippen LogP contribution in [0.5, 0.6) is 0 Å². The first-order chi connectivity index (χ1) is 18.4. The molecule has 2 fully saturated rings. The highest BCUT2D eigenvalue weighted by atomic mass is 16.5. The molecule has 2 aromatic rings. The number of nitrogens with one attached hydrogen (secondary N) is 1. The molecule has 0 atom stereocenters. The van der Waals surface area contributed by atoms with E-state index in [4.69, 9.17) is 15.2 Å². The Morgan fingerprint density at radius 1 is 0.947 bits per heavy atom. The Kier molecular flexibility index (Phi) is 9.35. The van der Waals surface area contributed by atoms with Crippen molar-refractivity contribution >= 4 is 23.9 Å². The fraction of sp³-hybridized carbons (Fsp3) is 0.448. The molecule has 0 spiro atoms. The molecule has 2 aliphatic rings. The first-order valence-corrected chi connectivity index (χ1v) is 13.2. The van der Waals surface area contributed by atoms with E-state index >= 15 is 0 Å². The lowest BCUT2D eigenvalue weighted by atomic mass is 9.86. The van der Waals surface area contributed by atoms with E-state index in [0.29, 0.717) is 24.6 Å². The number of urea groups is 1. The Balaban J connectivity index is 1.21. The Labute approximate surface area is 223 Å². The van der Waals surface area contributed by atoms with Gasteiger partial charge in [0.15, 0.2) is 0 Å². The summed E-state index contributed by atoms with van der Waals surface area (Å²) in [6.07, 6.45) is 4.11. The molecule has 1 aliphatic carbocycles. The van der Waals surface area contributed by atoms with Crippen molar-refractivity contribution in [2.75, 3.05) is 20.2 Å². The summed E-state index contributed by atoms with van der Waals surface area (Å²) in [4.78, 5) is 42.3. The molecule has 1 saturated heterocycles. The third kappa shape index (κ3) is 7.34. The summed E-state index contributed by atoms with van der Waals surface area (Å²) in [7, 11) is 1.42. The quantitative estimate of drug-likeness (QED) is 0.332. The van der Waals surface area contributed by atoms with Crippen LogP contribution in [-0.2, 0) is 20.9 Å². The molecule has 0 unspecified atom stereocenters. The standard InChI is InChI=1S/C29H36N4O5/c1-37-27(34)24-11-13-25(14-12-24)31-28(35)33-17-15-22(16-18-33)21-7-9-23(10-8-21)26(30)32-29(36)38-19-20-5-3-2-4-6-20/h2-10,22,24-25H,11-19H2,1H3,(H,31,35)(H2,30,32,36). The monoisotopic (exact) mass is 520 g/mol. The summed E-state index contributed by atoms with van der Waals surface area (Å²) < 4.78 is 10.0. The van der Waals surface area contributed by atoms with Crippen LogP contribution in [0, 0.1) is 5.92 Å². The van der Waals surface area contributed by atoms with Crippen LogP contribution < -0.4 is 11.1 Å². The molecule has 1 heterocycles. The number of hydrogen-bond acceptors (Lipinski definition) is 5. The number of piperidine rings is 1. The highest BCUT2D eigenvalue weighted by Crippen LogP contribution is 2.29. The molecule has 9 heteroatoms. The molecule has 3 N–H and O–H groups in total. The number of benzene rings is 2. The number of rotatable bonds is 6. The van der Waals surface area contributed by atoms with Gasteiger partial charge in [-0.05, 0) is 55.6 Å². The fourth-order valence-corrected chi connectivity index (χ4v) is 5.16. The van der Waals surface area contributed by atoms with Crippen molar-refractivity contribution in [3.05, 3.63) is 71.3 Å². The van der Waals surface area contributed by atoms with Gasteiger partial charge in [-0.1, -0.05) is 54.6 Å². The summed E-state index contributed by atoms with van der Waals surface area (Å²) in [5.74, 6) is 0.255. The Morgan fingerprint density at radius 2 is 1.61 bits per heavy atom. The van der Waals surface area contributed by atoms with E-state index in [-0.39, 0.29) is 36.4 Å². The smallest absolute Gasteiger partial charge is 0.435 e. The maximum atomic E-state index is 12.8. The van der Waals surface area contributed by atoms with Gasteiger partial charge < -0.3 is 25.4 Å². The molecule has 38 heavy (non-hydrogen) atoms. The van der Waals surface area contributed by atoms with Gasteiger partial charge in [-0.15, -0.1) is 0 Å². The lowest BCUT2D eigenvalue weighted by Gasteiger charge is -2.34. The Morgan fingerprint density at radius 3 is 2.24 bits per heavy atom. The number of hydrogen-bond donors (Lipinski definition) is 2. The maximum Gasteiger partial charge on any atom is 0.435 e. The number of methoxy groups -OCH3 is 1. The largest absolute Gasteiger partial charge is 0.469 e. The van der Waals surface area contributed by atoms with Gasteiger partial charge in [0, 0.05) is 24.7 Å². The van der Waals surface area contributed by atoms with Crippen LogP contribution in [-0.4, -0.2) is 55.1 Å². The maximum absolute atomic E-state index is 12.8. The number of nitrogens with zero attached hydrogens (tertiary/aromatic N) is 2. The van der Waals surface area contributed by atoms with E-state index in [0.717, 1.165) is 44.1 Å². The number of likely N-dealkylation sites (tertiary alicyclic amines) is 1. The van der Waals surface area contributed by atoms with Crippen molar-refractivity contribution in [2.24, 2.45) is 16.6 Å². The third-order valence-corrected chi connectivity index (χ3v) is 7.47. The molecule has 9 nitrogen and oxygen atoms in total. The van der Waals surface area contributed by atoms with Gasteiger partial charge in [-0.25, -0.2) is 9.59 Å². The predicted molar refractivity (Wildman–Crippen MR) is 144 cm³/mol. The van der Waals surface area contributed by atoms with E-state index in [1.807, 2.05) is 59.5 Å². The molecule has 1 saturated carbocycles. The molecule has 1 aliphatic heterocycles. The second-order valence-corrected chi connectivity index (χ2v) is 9.94. The van der Waals surface area contributed by atoms with Crippen LogP contribution >= 0.6 is 0 Å². The van der Waals surface area contributed by atoms with Gasteiger partial charge >= 0.3 is 18.1 Å². The van der Waals surface area contributed by atoms with Gasteiger partial charge in [-0.3, -0.25) is 4.79 Å². The average Bonchev–Trinajstić information content (AvgIpc) is 2.96. The van der Waals surface area contributed by atoms with Crippen molar-refractivity contribution in [1.82, 2.24) is 10.2 Å².